The lowest BCUT2D eigenvalue weighted by Crippen LogP contribution is -2.42. The van der Waals surface area contributed by atoms with Gasteiger partial charge in [-0.25, -0.2) is 17.9 Å². The summed E-state index contributed by atoms with van der Waals surface area (Å²) in [7, 11) is -2.49. The molecule has 0 aromatic heterocycles. The molecule has 0 saturated heterocycles. The number of carboxylic acids is 1. The van der Waals surface area contributed by atoms with E-state index in [0.717, 1.165) is 0 Å². The smallest absolute Gasteiger partial charge is 0.335 e. The summed E-state index contributed by atoms with van der Waals surface area (Å²) < 4.78 is 32.2. The lowest BCUT2D eigenvalue weighted by molar-refractivity contribution is 0.0696. The number of carboxylic acid groups (broad SMARTS) is 1. The van der Waals surface area contributed by atoms with Gasteiger partial charge in [0.25, 0.3) is 0 Å². The Bertz CT molecular complexity index is 607. The van der Waals surface area contributed by atoms with Gasteiger partial charge in [0.2, 0.25) is 10.0 Å². The lowest BCUT2D eigenvalue weighted by atomic mass is 10.0. The van der Waals surface area contributed by atoms with Crippen molar-refractivity contribution in [2.24, 2.45) is 0 Å². The minimum absolute atomic E-state index is 0.00398. The van der Waals surface area contributed by atoms with Crippen LogP contribution in [0.4, 0.5) is 0 Å². The summed E-state index contributed by atoms with van der Waals surface area (Å²) in [5.74, 6) is -1.14. The minimum atomic E-state index is -3.78. The Hall–Kier alpha value is -1.60. The van der Waals surface area contributed by atoms with E-state index in [1.165, 1.54) is 25.3 Å². The van der Waals surface area contributed by atoms with Crippen molar-refractivity contribution < 1.29 is 23.1 Å². The van der Waals surface area contributed by atoms with Crippen LogP contribution < -0.4 is 9.46 Å². The number of carbonyl (C=O) groups is 1. The largest absolute Gasteiger partial charge is 0.495 e. The van der Waals surface area contributed by atoms with E-state index >= 15 is 0 Å². The van der Waals surface area contributed by atoms with Gasteiger partial charge < -0.3 is 9.84 Å². The van der Waals surface area contributed by atoms with Crippen molar-refractivity contribution >= 4 is 16.0 Å². The SMILES string of the molecule is CCC(C)(C)NS(=O)(=O)c1ccc(C(=O)O)cc1OC. The average molecular weight is 301 g/mol. The van der Waals surface area contributed by atoms with Gasteiger partial charge in [0.15, 0.2) is 0 Å². The number of aromatic carboxylic acids is 1. The van der Waals surface area contributed by atoms with Crippen LogP contribution in [-0.4, -0.2) is 32.1 Å². The molecule has 0 aliphatic carbocycles. The van der Waals surface area contributed by atoms with Gasteiger partial charge in [0.1, 0.15) is 10.6 Å². The van der Waals surface area contributed by atoms with Crippen molar-refractivity contribution in [1.82, 2.24) is 4.72 Å². The van der Waals surface area contributed by atoms with Gasteiger partial charge in [-0.3, -0.25) is 0 Å². The van der Waals surface area contributed by atoms with E-state index in [1.54, 1.807) is 13.8 Å². The molecule has 0 fully saturated rings. The Labute approximate surface area is 118 Å². The molecule has 0 aliphatic heterocycles. The van der Waals surface area contributed by atoms with Gasteiger partial charge in [-0.2, -0.15) is 0 Å². The fourth-order valence-corrected chi connectivity index (χ4v) is 3.15. The van der Waals surface area contributed by atoms with Gasteiger partial charge >= 0.3 is 5.97 Å². The molecule has 20 heavy (non-hydrogen) atoms. The second-order valence-electron chi connectivity index (χ2n) is 5.01. The predicted molar refractivity (Wildman–Crippen MR) is 74.6 cm³/mol. The Balaban J connectivity index is 3.28. The van der Waals surface area contributed by atoms with E-state index < -0.39 is 21.5 Å². The van der Waals surface area contributed by atoms with Gasteiger partial charge in [-0.15, -0.1) is 0 Å². The van der Waals surface area contributed by atoms with E-state index in [2.05, 4.69) is 4.72 Å². The van der Waals surface area contributed by atoms with E-state index in [4.69, 9.17) is 9.84 Å². The highest BCUT2D eigenvalue weighted by Crippen LogP contribution is 2.26. The molecule has 0 aliphatic rings. The van der Waals surface area contributed by atoms with Gasteiger partial charge in [-0.05, 0) is 38.5 Å². The summed E-state index contributed by atoms with van der Waals surface area (Å²) in [5.41, 5.74) is -0.634. The molecule has 0 atom stereocenters. The zero-order valence-corrected chi connectivity index (χ0v) is 12.7. The highest BCUT2D eigenvalue weighted by atomic mass is 32.2. The molecule has 1 aromatic carbocycles. The van der Waals surface area contributed by atoms with E-state index in [0.29, 0.717) is 6.42 Å². The first-order valence-corrected chi connectivity index (χ1v) is 7.56. The number of ether oxygens (including phenoxy) is 1. The zero-order chi connectivity index (χ0) is 15.6. The van der Waals surface area contributed by atoms with Crippen LogP contribution in [0.1, 0.15) is 37.6 Å². The highest BCUT2D eigenvalue weighted by Gasteiger charge is 2.27. The number of rotatable bonds is 6. The van der Waals surface area contributed by atoms with Crippen molar-refractivity contribution in [2.75, 3.05) is 7.11 Å². The molecule has 0 heterocycles. The molecule has 0 bridgehead atoms. The van der Waals surface area contributed by atoms with Gasteiger partial charge in [-0.1, -0.05) is 6.92 Å². The third-order valence-electron chi connectivity index (χ3n) is 2.99. The second-order valence-corrected chi connectivity index (χ2v) is 6.66. The summed E-state index contributed by atoms with van der Waals surface area (Å²) >= 11 is 0. The first-order valence-electron chi connectivity index (χ1n) is 6.08. The van der Waals surface area contributed by atoms with E-state index in [-0.39, 0.29) is 16.2 Å². The summed E-state index contributed by atoms with van der Waals surface area (Å²) in [6.07, 6.45) is 0.613. The van der Waals surface area contributed by atoms with Crippen molar-refractivity contribution in [3.05, 3.63) is 23.8 Å². The molecule has 2 N–H and O–H groups in total. The van der Waals surface area contributed by atoms with Crippen LogP contribution >= 0.6 is 0 Å². The molecule has 0 spiro atoms. The molecule has 7 heteroatoms. The summed E-state index contributed by atoms with van der Waals surface area (Å²) in [6, 6.07) is 3.66. The maximum absolute atomic E-state index is 12.3. The highest BCUT2D eigenvalue weighted by molar-refractivity contribution is 7.89. The van der Waals surface area contributed by atoms with Crippen molar-refractivity contribution in [2.45, 2.75) is 37.6 Å². The molecule has 0 amide bonds. The van der Waals surface area contributed by atoms with Crippen molar-refractivity contribution in [1.29, 1.82) is 0 Å². The Morgan fingerprint density at radius 1 is 1.40 bits per heavy atom. The Morgan fingerprint density at radius 2 is 2.00 bits per heavy atom. The second kappa shape index (κ2) is 5.80. The molecule has 0 unspecified atom stereocenters. The van der Waals surface area contributed by atoms with Crippen LogP contribution in [0.25, 0.3) is 0 Å². The number of methoxy groups -OCH3 is 1. The summed E-state index contributed by atoms with van der Waals surface area (Å²) in [5, 5.41) is 8.90. The zero-order valence-electron chi connectivity index (χ0n) is 11.9. The summed E-state index contributed by atoms with van der Waals surface area (Å²) in [4.78, 5) is 10.8. The van der Waals surface area contributed by atoms with Crippen LogP contribution in [-0.2, 0) is 10.0 Å². The number of hydrogen-bond donors (Lipinski definition) is 2. The van der Waals surface area contributed by atoms with Crippen LogP contribution in [0.2, 0.25) is 0 Å². The maximum atomic E-state index is 12.3. The van der Waals surface area contributed by atoms with E-state index in [9.17, 15) is 13.2 Å². The summed E-state index contributed by atoms with van der Waals surface area (Å²) in [6.45, 7) is 5.40. The van der Waals surface area contributed by atoms with Crippen molar-refractivity contribution in [3.63, 3.8) is 0 Å². The molecular formula is C13H19NO5S. The normalized spacial score (nSPS) is 12.2. The molecule has 1 aromatic rings. The predicted octanol–water partition coefficient (Wildman–Crippen LogP) is 1.86. The first-order chi connectivity index (χ1) is 9.13. The van der Waals surface area contributed by atoms with E-state index in [1.807, 2.05) is 6.92 Å². The fraction of sp³-hybridized carbons (Fsp3) is 0.462. The Morgan fingerprint density at radius 3 is 2.45 bits per heavy atom. The number of sulfonamides is 1. The molecular weight excluding hydrogens is 282 g/mol. The van der Waals surface area contributed by atoms with Crippen LogP contribution in [0, 0.1) is 0 Å². The lowest BCUT2D eigenvalue weighted by Gasteiger charge is -2.24. The van der Waals surface area contributed by atoms with Gasteiger partial charge in [0.05, 0.1) is 12.7 Å². The van der Waals surface area contributed by atoms with Crippen molar-refractivity contribution in [3.8, 4) is 5.75 Å². The topological polar surface area (TPSA) is 92.7 Å². The molecule has 0 saturated carbocycles. The standard InChI is InChI=1S/C13H19NO5S/c1-5-13(2,3)14-20(17,18)11-7-6-9(12(15)16)8-10(11)19-4/h6-8,14H,5H2,1-4H3,(H,15,16). The number of benzene rings is 1. The van der Waals surface area contributed by atoms with Crippen LogP contribution in [0.3, 0.4) is 0 Å². The molecule has 112 valence electrons. The number of nitrogens with one attached hydrogen (secondary N) is 1. The van der Waals surface area contributed by atoms with Crippen LogP contribution in [0.5, 0.6) is 5.75 Å². The fourth-order valence-electron chi connectivity index (χ4n) is 1.51. The molecule has 6 nitrogen and oxygen atoms in total. The third-order valence-corrected chi connectivity index (χ3v) is 4.73. The Kier molecular flexibility index (Phi) is 4.77. The minimum Gasteiger partial charge on any atom is -0.495 e. The third kappa shape index (κ3) is 3.71. The van der Waals surface area contributed by atoms with Gasteiger partial charge in [0, 0.05) is 5.54 Å². The quantitative estimate of drug-likeness (QED) is 0.836. The average Bonchev–Trinajstić information content (AvgIpc) is 2.36. The number of hydrogen-bond acceptors (Lipinski definition) is 4. The molecule has 0 radical (unpaired) electrons. The monoisotopic (exact) mass is 301 g/mol. The first kappa shape index (κ1) is 16.5. The maximum Gasteiger partial charge on any atom is 0.335 e. The van der Waals surface area contributed by atoms with Crippen LogP contribution in [0.15, 0.2) is 23.1 Å². The molecule has 1 rings (SSSR count).